The Kier molecular flexibility index (Phi) is 5.90. The van der Waals surface area contributed by atoms with E-state index < -0.39 is 11.9 Å². The highest BCUT2D eigenvalue weighted by Crippen LogP contribution is 2.03. The first-order valence-corrected chi connectivity index (χ1v) is 6.63. The largest absolute Gasteiger partial charge is 0.481 e. The molecule has 0 saturated heterocycles. The van der Waals surface area contributed by atoms with Crippen LogP contribution in [-0.4, -0.2) is 47.9 Å². The number of carboxylic acids is 1. The molecule has 1 unspecified atom stereocenters. The number of benzene rings is 1. The van der Waals surface area contributed by atoms with Gasteiger partial charge in [0.15, 0.2) is 0 Å². The Morgan fingerprint density at radius 3 is 2.33 bits per heavy atom. The maximum Gasteiger partial charge on any atom is 0.308 e. The van der Waals surface area contributed by atoms with E-state index in [-0.39, 0.29) is 24.9 Å². The number of aryl methyl sites for hydroxylation is 1. The van der Waals surface area contributed by atoms with Gasteiger partial charge in [-0.2, -0.15) is 0 Å². The summed E-state index contributed by atoms with van der Waals surface area (Å²) in [5.74, 6) is -2.27. The van der Waals surface area contributed by atoms with Gasteiger partial charge in [-0.15, -0.1) is 0 Å². The number of hydrogen-bond donors (Lipinski definition) is 2. The zero-order valence-electron chi connectivity index (χ0n) is 12.4. The van der Waals surface area contributed by atoms with E-state index in [0.717, 1.165) is 5.56 Å². The highest BCUT2D eigenvalue weighted by molar-refractivity contribution is 5.96. The van der Waals surface area contributed by atoms with Crippen LogP contribution in [-0.2, 0) is 9.59 Å². The van der Waals surface area contributed by atoms with Crippen LogP contribution in [0.15, 0.2) is 24.3 Å². The fourth-order valence-electron chi connectivity index (χ4n) is 1.69. The molecule has 0 aliphatic rings. The van der Waals surface area contributed by atoms with Crippen molar-refractivity contribution in [3.8, 4) is 0 Å². The Morgan fingerprint density at radius 1 is 1.24 bits per heavy atom. The van der Waals surface area contributed by atoms with Crippen molar-refractivity contribution in [2.75, 3.05) is 20.1 Å². The van der Waals surface area contributed by atoms with Crippen LogP contribution >= 0.6 is 0 Å². The summed E-state index contributed by atoms with van der Waals surface area (Å²) < 4.78 is 0. The minimum Gasteiger partial charge on any atom is -0.481 e. The quantitative estimate of drug-likeness (QED) is 0.815. The molecule has 0 bridgehead atoms. The summed E-state index contributed by atoms with van der Waals surface area (Å²) >= 11 is 0. The van der Waals surface area contributed by atoms with Crippen molar-refractivity contribution >= 4 is 17.8 Å². The summed E-state index contributed by atoms with van der Waals surface area (Å²) in [5, 5.41) is 11.3. The molecule has 2 amide bonds. The van der Waals surface area contributed by atoms with E-state index in [0.29, 0.717) is 5.56 Å². The zero-order valence-corrected chi connectivity index (χ0v) is 12.4. The van der Waals surface area contributed by atoms with Crippen LogP contribution in [0.5, 0.6) is 0 Å². The fourth-order valence-corrected chi connectivity index (χ4v) is 1.69. The first-order valence-electron chi connectivity index (χ1n) is 6.63. The Labute approximate surface area is 123 Å². The van der Waals surface area contributed by atoms with Crippen LogP contribution in [0.4, 0.5) is 0 Å². The standard InChI is InChI=1S/C15H20N2O4/c1-10-4-6-12(7-5-10)14(19)16-8-13(18)17(3)9-11(2)15(20)21/h4-7,11H,8-9H2,1-3H3,(H,16,19)(H,20,21). The SMILES string of the molecule is Cc1ccc(C(=O)NCC(=O)N(C)CC(C)C(=O)O)cc1. The van der Waals surface area contributed by atoms with Gasteiger partial charge in [-0.3, -0.25) is 14.4 Å². The number of carboxylic acid groups (broad SMARTS) is 1. The van der Waals surface area contributed by atoms with Gasteiger partial charge in [-0.25, -0.2) is 0 Å². The molecule has 0 heterocycles. The average Bonchev–Trinajstić information content (AvgIpc) is 2.44. The minimum atomic E-state index is -0.960. The molecule has 21 heavy (non-hydrogen) atoms. The number of nitrogens with one attached hydrogen (secondary N) is 1. The van der Waals surface area contributed by atoms with E-state index in [1.54, 1.807) is 12.1 Å². The molecule has 0 fully saturated rings. The first-order chi connectivity index (χ1) is 9.81. The lowest BCUT2D eigenvalue weighted by atomic mass is 10.1. The molecule has 0 radical (unpaired) electrons. The van der Waals surface area contributed by atoms with Crippen LogP contribution in [0.3, 0.4) is 0 Å². The maximum atomic E-state index is 11.8. The van der Waals surface area contributed by atoms with Gasteiger partial charge in [0.2, 0.25) is 5.91 Å². The third kappa shape index (κ3) is 5.25. The number of rotatable bonds is 6. The number of carbonyl (C=O) groups is 3. The summed E-state index contributed by atoms with van der Waals surface area (Å²) in [6, 6.07) is 7.01. The molecular formula is C15H20N2O4. The van der Waals surface area contributed by atoms with Gasteiger partial charge < -0.3 is 15.3 Å². The minimum absolute atomic E-state index is 0.106. The van der Waals surface area contributed by atoms with Gasteiger partial charge in [0.1, 0.15) is 0 Å². The van der Waals surface area contributed by atoms with Crippen LogP contribution < -0.4 is 5.32 Å². The molecule has 2 N–H and O–H groups in total. The molecular weight excluding hydrogens is 272 g/mol. The molecule has 0 aliphatic heterocycles. The van der Waals surface area contributed by atoms with Crippen molar-refractivity contribution < 1.29 is 19.5 Å². The summed E-state index contributed by atoms with van der Waals surface area (Å²) in [6.07, 6.45) is 0. The van der Waals surface area contributed by atoms with Crippen molar-refractivity contribution in [1.82, 2.24) is 10.2 Å². The molecule has 114 valence electrons. The highest BCUT2D eigenvalue weighted by Gasteiger charge is 2.17. The first kappa shape index (κ1) is 16.7. The lowest BCUT2D eigenvalue weighted by molar-refractivity contribution is -0.142. The molecule has 1 aromatic carbocycles. The molecule has 1 aromatic rings. The Bertz CT molecular complexity index is 525. The van der Waals surface area contributed by atoms with Crippen molar-refractivity contribution in [1.29, 1.82) is 0 Å². The van der Waals surface area contributed by atoms with Crippen molar-refractivity contribution in [3.63, 3.8) is 0 Å². The second-order valence-corrected chi connectivity index (χ2v) is 5.06. The van der Waals surface area contributed by atoms with E-state index >= 15 is 0 Å². The Hall–Kier alpha value is -2.37. The summed E-state index contributed by atoms with van der Waals surface area (Å²) in [5.41, 5.74) is 1.53. The average molecular weight is 292 g/mol. The number of likely N-dealkylation sites (N-methyl/N-ethyl adjacent to an activating group) is 1. The predicted molar refractivity (Wildman–Crippen MR) is 77.9 cm³/mol. The van der Waals surface area contributed by atoms with Crippen LogP contribution in [0.2, 0.25) is 0 Å². The summed E-state index contributed by atoms with van der Waals surface area (Å²) in [7, 11) is 1.51. The molecule has 0 aliphatic carbocycles. The molecule has 0 aromatic heterocycles. The van der Waals surface area contributed by atoms with E-state index in [2.05, 4.69) is 5.32 Å². The molecule has 1 atom stereocenters. The fraction of sp³-hybridized carbons (Fsp3) is 0.400. The third-order valence-electron chi connectivity index (χ3n) is 3.11. The van der Waals surface area contributed by atoms with Crippen molar-refractivity contribution in [2.24, 2.45) is 5.92 Å². The molecule has 0 spiro atoms. The Morgan fingerprint density at radius 2 is 1.81 bits per heavy atom. The lowest BCUT2D eigenvalue weighted by Crippen LogP contribution is -2.40. The zero-order chi connectivity index (χ0) is 16.0. The molecule has 1 rings (SSSR count). The van der Waals surface area contributed by atoms with Gasteiger partial charge in [0.25, 0.3) is 5.91 Å². The monoisotopic (exact) mass is 292 g/mol. The van der Waals surface area contributed by atoms with Crippen molar-refractivity contribution in [2.45, 2.75) is 13.8 Å². The smallest absolute Gasteiger partial charge is 0.308 e. The van der Waals surface area contributed by atoms with Gasteiger partial charge in [0, 0.05) is 19.2 Å². The van der Waals surface area contributed by atoms with Gasteiger partial charge in [-0.05, 0) is 19.1 Å². The number of amides is 2. The van der Waals surface area contributed by atoms with Crippen LogP contribution in [0.25, 0.3) is 0 Å². The van der Waals surface area contributed by atoms with E-state index in [4.69, 9.17) is 5.11 Å². The third-order valence-corrected chi connectivity index (χ3v) is 3.11. The molecule has 6 heteroatoms. The summed E-state index contributed by atoms with van der Waals surface area (Å²) in [6.45, 7) is 3.39. The second kappa shape index (κ2) is 7.42. The van der Waals surface area contributed by atoms with E-state index in [1.807, 2.05) is 19.1 Å². The number of hydrogen-bond acceptors (Lipinski definition) is 3. The predicted octanol–water partition coefficient (Wildman–Crippen LogP) is 0.904. The number of aliphatic carboxylic acids is 1. The number of nitrogens with zero attached hydrogens (tertiary/aromatic N) is 1. The van der Waals surface area contributed by atoms with E-state index in [9.17, 15) is 14.4 Å². The molecule has 0 saturated carbocycles. The van der Waals surface area contributed by atoms with E-state index in [1.165, 1.54) is 18.9 Å². The van der Waals surface area contributed by atoms with Gasteiger partial charge in [0.05, 0.1) is 12.5 Å². The summed E-state index contributed by atoms with van der Waals surface area (Å²) in [4.78, 5) is 35.7. The van der Waals surface area contributed by atoms with Crippen LogP contribution in [0.1, 0.15) is 22.8 Å². The lowest BCUT2D eigenvalue weighted by Gasteiger charge is -2.19. The molecule has 6 nitrogen and oxygen atoms in total. The van der Waals surface area contributed by atoms with Crippen LogP contribution in [0, 0.1) is 12.8 Å². The topological polar surface area (TPSA) is 86.7 Å². The highest BCUT2D eigenvalue weighted by atomic mass is 16.4. The Balaban J connectivity index is 2.47. The van der Waals surface area contributed by atoms with Crippen molar-refractivity contribution in [3.05, 3.63) is 35.4 Å². The van der Waals surface area contributed by atoms with Gasteiger partial charge in [-0.1, -0.05) is 24.6 Å². The second-order valence-electron chi connectivity index (χ2n) is 5.06. The normalized spacial score (nSPS) is 11.6. The maximum absolute atomic E-state index is 11.8. The number of carbonyl (C=O) groups excluding carboxylic acids is 2. The van der Waals surface area contributed by atoms with Gasteiger partial charge >= 0.3 is 5.97 Å².